The van der Waals surface area contributed by atoms with Crippen LogP contribution in [0, 0.1) is 0 Å². The third-order valence-electron chi connectivity index (χ3n) is 4.51. The molecule has 0 spiro atoms. The molecule has 1 heterocycles. The van der Waals surface area contributed by atoms with Crippen LogP contribution in [0.15, 0.2) is 30.3 Å². The van der Waals surface area contributed by atoms with E-state index in [1.54, 1.807) is 7.11 Å². The fourth-order valence-corrected chi connectivity index (χ4v) is 3.42. The van der Waals surface area contributed by atoms with E-state index in [0.29, 0.717) is 25.1 Å². The maximum Gasteiger partial charge on any atom is 0.236 e. The average Bonchev–Trinajstić information content (AvgIpc) is 3.03. The zero-order chi connectivity index (χ0) is 15.8. The molecule has 2 atom stereocenters. The molecule has 4 nitrogen and oxygen atoms in total. The first-order valence-electron chi connectivity index (χ1n) is 8.32. The summed E-state index contributed by atoms with van der Waals surface area (Å²) in [6, 6.07) is 10.9. The van der Waals surface area contributed by atoms with Crippen LogP contribution in [0.25, 0.3) is 0 Å². The third kappa shape index (κ3) is 5.48. The van der Waals surface area contributed by atoms with Crippen LogP contribution in [-0.4, -0.2) is 50.2 Å². The van der Waals surface area contributed by atoms with Gasteiger partial charge in [0, 0.05) is 32.2 Å². The van der Waals surface area contributed by atoms with Crippen molar-refractivity contribution in [3.63, 3.8) is 0 Å². The Labute approximate surface area is 146 Å². The lowest BCUT2D eigenvalue weighted by molar-refractivity contribution is -0.131. The summed E-state index contributed by atoms with van der Waals surface area (Å²) in [7, 11) is 1.67. The van der Waals surface area contributed by atoms with Crippen molar-refractivity contribution in [2.75, 3.05) is 33.4 Å². The number of hydrogen-bond donors (Lipinski definition) is 1. The molecule has 0 bridgehead atoms. The SMILES string of the molecule is CCC(c1ccccc1)C1CCCN1C(=O)CNCCOC.Cl. The quantitative estimate of drug-likeness (QED) is 0.740. The van der Waals surface area contributed by atoms with Gasteiger partial charge in [0.2, 0.25) is 5.91 Å². The molecule has 1 aromatic rings. The first kappa shape index (κ1) is 19.9. The van der Waals surface area contributed by atoms with Crippen molar-refractivity contribution < 1.29 is 9.53 Å². The highest BCUT2D eigenvalue weighted by Gasteiger charge is 2.34. The first-order chi connectivity index (χ1) is 10.8. The summed E-state index contributed by atoms with van der Waals surface area (Å²) in [5.41, 5.74) is 1.35. The van der Waals surface area contributed by atoms with E-state index in [0.717, 1.165) is 32.4 Å². The number of hydrogen-bond acceptors (Lipinski definition) is 3. The minimum Gasteiger partial charge on any atom is -0.383 e. The Morgan fingerprint density at radius 2 is 2.13 bits per heavy atom. The Morgan fingerprint density at radius 3 is 2.78 bits per heavy atom. The van der Waals surface area contributed by atoms with E-state index < -0.39 is 0 Å². The van der Waals surface area contributed by atoms with E-state index in [1.807, 2.05) is 6.07 Å². The van der Waals surface area contributed by atoms with Crippen LogP contribution in [0.3, 0.4) is 0 Å². The van der Waals surface area contributed by atoms with Gasteiger partial charge in [0.15, 0.2) is 0 Å². The lowest BCUT2D eigenvalue weighted by Gasteiger charge is -2.32. The van der Waals surface area contributed by atoms with Gasteiger partial charge in [0.05, 0.1) is 13.2 Å². The largest absolute Gasteiger partial charge is 0.383 e. The van der Waals surface area contributed by atoms with Crippen molar-refractivity contribution in [1.29, 1.82) is 0 Å². The number of amides is 1. The van der Waals surface area contributed by atoms with Gasteiger partial charge < -0.3 is 15.0 Å². The van der Waals surface area contributed by atoms with E-state index in [1.165, 1.54) is 5.56 Å². The molecule has 1 N–H and O–H groups in total. The van der Waals surface area contributed by atoms with Crippen LogP contribution in [0.5, 0.6) is 0 Å². The summed E-state index contributed by atoms with van der Waals surface area (Å²) in [6.07, 6.45) is 3.28. The molecule has 0 aliphatic carbocycles. The fraction of sp³-hybridized carbons (Fsp3) is 0.611. The molecule has 1 aromatic carbocycles. The van der Waals surface area contributed by atoms with E-state index in [-0.39, 0.29) is 18.3 Å². The van der Waals surface area contributed by atoms with Crippen molar-refractivity contribution in [3.05, 3.63) is 35.9 Å². The highest BCUT2D eigenvalue weighted by molar-refractivity contribution is 5.85. The molecule has 1 fully saturated rings. The minimum absolute atomic E-state index is 0. The molecule has 0 saturated carbocycles. The number of methoxy groups -OCH3 is 1. The lowest BCUT2D eigenvalue weighted by atomic mass is 9.87. The molecule has 2 rings (SSSR count). The van der Waals surface area contributed by atoms with Crippen molar-refractivity contribution in [1.82, 2.24) is 10.2 Å². The van der Waals surface area contributed by atoms with Crippen molar-refractivity contribution in [2.45, 2.75) is 38.1 Å². The summed E-state index contributed by atoms with van der Waals surface area (Å²) in [4.78, 5) is 14.6. The Balaban J connectivity index is 0.00000264. The van der Waals surface area contributed by atoms with Crippen LogP contribution < -0.4 is 5.32 Å². The van der Waals surface area contributed by atoms with Gasteiger partial charge in [-0.1, -0.05) is 37.3 Å². The van der Waals surface area contributed by atoms with Gasteiger partial charge in [-0.05, 0) is 24.8 Å². The van der Waals surface area contributed by atoms with Crippen molar-refractivity contribution in [3.8, 4) is 0 Å². The predicted octanol–water partition coefficient (Wildman–Crippen LogP) is 2.83. The second kappa shape index (κ2) is 10.6. The molecule has 1 aliphatic rings. The van der Waals surface area contributed by atoms with Crippen LogP contribution in [0.1, 0.15) is 37.7 Å². The third-order valence-corrected chi connectivity index (χ3v) is 4.51. The van der Waals surface area contributed by atoms with Gasteiger partial charge >= 0.3 is 0 Å². The number of likely N-dealkylation sites (tertiary alicyclic amines) is 1. The summed E-state index contributed by atoms with van der Waals surface area (Å²) < 4.78 is 5.00. The number of benzene rings is 1. The Kier molecular flexibility index (Phi) is 9.22. The summed E-state index contributed by atoms with van der Waals surface area (Å²) >= 11 is 0. The maximum absolute atomic E-state index is 12.5. The second-order valence-corrected chi connectivity index (χ2v) is 5.89. The number of carbonyl (C=O) groups excluding carboxylic acids is 1. The number of ether oxygens (including phenoxy) is 1. The number of nitrogens with zero attached hydrogens (tertiary/aromatic N) is 1. The first-order valence-corrected chi connectivity index (χ1v) is 8.32. The summed E-state index contributed by atoms with van der Waals surface area (Å²) in [5.74, 6) is 0.652. The monoisotopic (exact) mass is 340 g/mol. The molecule has 1 saturated heterocycles. The molecule has 130 valence electrons. The average molecular weight is 341 g/mol. The number of nitrogens with one attached hydrogen (secondary N) is 1. The van der Waals surface area contributed by atoms with Gasteiger partial charge in [-0.2, -0.15) is 0 Å². The second-order valence-electron chi connectivity index (χ2n) is 5.89. The van der Waals surface area contributed by atoms with Gasteiger partial charge in [-0.3, -0.25) is 4.79 Å². The maximum atomic E-state index is 12.5. The molecular formula is C18H29ClN2O2. The number of halogens is 1. The molecule has 1 amide bonds. The number of carbonyl (C=O) groups is 1. The molecule has 5 heteroatoms. The predicted molar refractivity (Wildman–Crippen MR) is 96.2 cm³/mol. The van der Waals surface area contributed by atoms with Gasteiger partial charge in [0.1, 0.15) is 0 Å². The van der Waals surface area contributed by atoms with Gasteiger partial charge in [0.25, 0.3) is 0 Å². The van der Waals surface area contributed by atoms with E-state index in [2.05, 4.69) is 41.4 Å². The van der Waals surface area contributed by atoms with E-state index in [4.69, 9.17) is 4.74 Å². The highest BCUT2D eigenvalue weighted by atomic mass is 35.5. The summed E-state index contributed by atoms with van der Waals surface area (Å²) in [5, 5.41) is 3.16. The fourth-order valence-electron chi connectivity index (χ4n) is 3.42. The molecule has 23 heavy (non-hydrogen) atoms. The topological polar surface area (TPSA) is 41.6 Å². The van der Waals surface area contributed by atoms with Crippen molar-refractivity contribution >= 4 is 18.3 Å². The van der Waals surface area contributed by atoms with E-state index in [9.17, 15) is 4.79 Å². The van der Waals surface area contributed by atoms with E-state index >= 15 is 0 Å². The van der Waals surface area contributed by atoms with Crippen LogP contribution >= 0.6 is 12.4 Å². The molecule has 2 unspecified atom stereocenters. The van der Waals surface area contributed by atoms with Gasteiger partial charge in [-0.25, -0.2) is 0 Å². The summed E-state index contributed by atoms with van der Waals surface area (Å²) in [6.45, 7) is 4.87. The minimum atomic E-state index is 0. The number of rotatable bonds is 8. The normalized spacial score (nSPS) is 18.5. The Morgan fingerprint density at radius 1 is 1.39 bits per heavy atom. The zero-order valence-electron chi connectivity index (χ0n) is 14.2. The standard InChI is InChI=1S/C18H28N2O2.ClH/c1-3-16(15-8-5-4-6-9-15)17-10-7-12-20(17)18(21)14-19-11-13-22-2;/h4-6,8-9,16-17,19H,3,7,10-14H2,1-2H3;1H. The lowest BCUT2D eigenvalue weighted by Crippen LogP contribution is -2.44. The van der Waals surface area contributed by atoms with Crippen molar-refractivity contribution in [2.24, 2.45) is 0 Å². The van der Waals surface area contributed by atoms with Crippen LogP contribution in [0.2, 0.25) is 0 Å². The van der Waals surface area contributed by atoms with Crippen LogP contribution in [-0.2, 0) is 9.53 Å². The smallest absolute Gasteiger partial charge is 0.236 e. The molecule has 1 aliphatic heterocycles. The Hall–Kier alpha value is -1.10. The molecule has 0 aromatic heterocycles. The molecule has 0 radical (unpaired) electrons. The van der Waals surface area contributed by atoms with Gasteiger partial charge in [-0.15, -0.1) is 12.4 Å². The highest BCUT2D eigenvalue weighted by Crippen LogP contribution is 2.33. The van der Waals surface area contributed by atoms with Crippen LogP contribution in [0.4, 0.5) is 0 Å². The zero-order valence-corrected chi connectivity index (χ0v) is 15.0. The Bertz CT molecular complexity index is 456. The molecular weight excluding hydrogens is 312 g/mol.